The normalized spacial score (nSPS) is 10.4. The minimum Gasteiger partial charge on any atom is -0.497 e. The number of hydrogen-bond acceptors (Lipinski definition) is 3. The van der Waals surface area contributed by atoms with Crippen molar-refractivity contribution in [2.45, 2.75) is 13.5 Å². The quantitative estimate of drug-likeness (QED) is 0.827. The largest absolute Gasteiger partial charge is 0.497 e. The van der Waals surface area contributed by atoms with Crippen LogP contribution in [0.1, 0.15) is 20.8 Å². The lowest BCUT2D eigenvalue weighted by molar-refractivity contribution is 0.0789. The second kappa shape index (κ2) is 6.41. The molecule has 2 rings (SSSR count). The van der Waals surface area contributed by atoms with Gasteiger partial charge in [-0.05, 0) is 52.2 Å². The predicted octanol–water partition coefficient (Wildman–Crippen LogP) is 4.10. The Balaban J connectivity index is 2.10. The number of methoxy groups -OCH3 is 1. The van der Waals surface area contributed by atoms with Crippen molar-refractivity contribution in [1.29, 1.82) is 0 Å². The molecule has 0 bridgehead atoms. The van der Waals surface area contributed by atoms with E-state index in [1.165, 1.54) is 11.3 Å². The highest BCUT2D eigenvalue weighted by molar-refractivity contribution is 9.11. The molecule has 0 aliphatic rings. The zero-order valence-corrected chi connectivity index (χ0v) is 14.0. The van der Waals surface area contributed by atoms with Crippen molar-refractivity contribution in [2.24, 2.45) is 0 Å². The number of ether oxygens (including phenoxy) is 1. The summed E-state index contributed by atoms with van der Waals surface area (Å²) in [7, 11) is 3.45. The first-order valence-corrected chi connectivity index (χ1v) is 7.76. The molecule has 1 aromatic carbocycles. The van der Waals surface area contributed by atoms with E-state index in [0.717, 1.165) is 25.5 Å². The minimum absolute atomic E-state index is 0.0339. The number of carbonyl (C=O) groups is 1. The van der Waals surface area contributed by atoms with Crippen molar-refractivity contribution in [1.82, 2.24) is 4.90 Å². The molecule has 20 heavy (non-hydrogen) atoms. The molecule has 0 fully saturated rings. The summed E-state index contributed by atoms with van der Waals surface area (Å²) in [5.41, 5.74) is 2.14. The standard InChI is InChI=1S/C15H16BrNO2S/c1-10-7-13(20-14(10)16)15(18)17(2)9-11-5-4-6-12(8-11)19-3/h4-8H,9H2,1-3H3. The topological polar surface area (TPSA) is 29.5 Å². The molecule has 0 N–H and O–H groups in total. The smallest absolute Gasteiger partial charge is 0.264 e. The summed E-state index contributed by atoms with van der Waals surface area (Å²) >= 11 is 4.92. The fourth-order valence-electron chi connectivity index (χ4n) is 1.87. The van der Waals surface area contributed by atoms with Gasteiger partial charge in [-0.1, -0.05) is 12.1 Å². The van der Waals surface area contributed by atoms with Gasteiger partial charge in [-0.3, -0.25) is 4.79 Å². The molecular weight excluding hydrogens is 338 g/mol. The van der Waals surface area contributed by atoms with Gasteiger partial charge in [-0.2, -0.15) is 0 Å². The number of carbonyl (C=O) groups excluding carboxylic acids is 1. The molecule has 0 aliphatic heterocycles. The summed E-state index contributed by atoms with van der Waals surface area (Å²) < 4.78 is 6.20. The van der Waals surface area contributed by atoms with E-state index in [-0.39, 0.29) is 5.91 Å². The van der Waals surface area contributed by atoms with Crippen LogP contribution in [0.4, 0.5) is 0 Å². The zero-order chi connectivity index (χ0) is 14.7. The van der Waals surface area contributed by atoms with E-state index in [1.54, 1.807) is 12.0 Å². The van der Waals surface area contributed by atoms with Gasteiger partial charge in [0.15, 0.2) is 0 Å². The molecule has 106 valence electrons. The minimum atomic E-state index is 0.0339. The molecule has 0 saturated carbocycles. The van der Waals surface area contributed by atoms with Gasteiger partial charge in [0.05, 0.1) is 15.8 Å². The van der Waals surface area contributed by atoms with Crippen LogP contribution in [0.25, 0.3) is 0 Å². The van der Waals surface area contributed by atoms with Crippen molar-refractivity contribution in [3.05, 3.63) is 50.1 Å². The maximum Gasteiger partial charge on any atom is 0.264 e. The molecule has 2 aromatic rings. The maximum absolute atomic E-state index is 12.4. The first-order valence-electron chi connectivity index (χ1n) is 6.15. The van der Waals surface area contributed by atoms with Crippen LogP contribution in [0.15, 0.2) is 34.1 Å². The molecule has 0 aliphatic carbocycles. The number of aryl methyl sites for hydroxylation is 1. The molecule has 1 heterocycles. The van der Waals surface area contributed by atoms with Crippen molar-refractivity contribution >= 4 is 33.2 Å². The van der Waals surface area contributed by atoms with E-state index in [0.29, 0.717) is 6.54 Å². The van der Waals surface area contributed by atoms with Gasteiger partial charge in [0, 0.05) is 13.6 Å². The van der Waals surface area contributed by atoms with E-state index < -0.39 is 0 Å². The zero-order valence-electron chi connectivity index (χ0n) is 11.6. The molecule has 1 amide bonds. The van der Waals surface area contributed by atoms with Crippen LogP contribution in [-0.4, -0.2) is 25.0 Å². The second-order valence-electron chi connectivity index (χ2n) is 4.58. The Morgan fingerprint density at radius 3 is 2.75 bits per heavy atom. The van der Waals surface area contributed by atoms with Crippen molar-refractivity contribution in [3.8, 4) is 5.75 Å². The molecule has 1 aromatic heterocycles. The summed E-state index contributed by atoms with van der Waals surface area (Å²) in [5.74, 6) is 0.838. The fraction of sp³-hybridized carbons (Fsp3) is 0.267. The molecule has 0 saturated heterocycles. The van der Waals surface area contributed by atoms with E-state index >= 15 is 0 Å². The van der Waals surface area contributed by atoms with E-state index in [1.807, 2.05) is 44.3 Å². The van der Waals surface area contributed by atoms with Crippen LogP contribution in [0.5, 0.6) is 5.75 Å². The van der Waals surface area contributed by atoms with Gasteiger partial charge in [0.2, 0.25) is 0 Å². The molecule has 0 unspecified atom stereocenters. The van der Waals surface area contributed by atoms with Crippen LogP contribution in [0.3, 0.4) is 0 Å². The Hall–Kier alpha value is -1.33. The highest BCUT2D eigenvalue weighted by atomic mass is 79.9. The number of halogens is 1. The van der Waals surface area contributed by atoms with Crippen molar-refractivity contribution < 1.29 is 9.53 Å². The number of benzene rings is 1. The summed E-state index contributed by atoms with van der Waals surface area (Å²) in [6.45, 7) is 2.55. The van der Waals surface area contributed by atoms with Crippen molar-refractivity contribution in [3.63, 3.8) is 0 Å². The first kappa shape index (κ1) is 15.1. The Bertz CT molecular complexity index is 605. The fourth-order valence-corrected chi connectivity index (χ4v) is 3.40. The molecule has 0 spiro atoms. The van der Waals surface area contributed by atoms with Crippen LogP contribution in [0.2, 0.25) is 0 Å². The predicted molar refractivity (Wildman–Crippen MR) is 85.5 cm³/mol. The lowest BCUT2D eigenvalue weighted by Crippen LogP contribution is -2.25. The van der Waals surface area contributed by atoms with Crippen LogP contribution >= 0.6 is 27.3 Å². The van der Waals surface area contributed by atoms with Crippen molar-refractivity contribution in [2.75, 3.05) is 14.2 Å². The highest BCUT2D eigenvalue weighted by Crippen LogP contribution is 2.28. The molecule has 3 nitrogen and oxygen atoms in total. The van der Waals surface area contributed by atoms with Gasteiger partial charge in [-0.25, -0.2) is 0 Å². The monoisotopic (exact) mass is 353 g/mol. The van der Waals surface area contributed by atoms with Gasteiger partial charge in [0.25, 0.3) is 5.91 Å². The Labute approximate surface area is 131 Å². The Kier molecular flexibility index (Phi) is 4.83. The van der Waals surface area contributed by atoms with E-state index in [2.05, 4.69) is 15.9 Å². The average Bonchev–Trinajstić information content (AvgIpc) is 2.78. The average molecular weight is 354 g/mol. The van der Waals surface area contributed by atoms with Crippen LogP contribution in [-0.2, 0) is 6.54 Å². The molecular formula is C15H16BrNO2S. The summed E-state index contributed by atoms with van der Waals surface area (Å²) in [6, 6.07) is 9.67. The number of amides is 1. The SMILES string of the molecule is COc1cccc(CN(C)C(=O)c2cc(C)c(Br)s2)c1. The van der Waals surface area contributed by atoms with Gasteiger partial charge in [-0.15, -0.1) is 11.3 Å². The highest BCUT2D eigenvalue weighted by Gasteiger charge is 2.16. The second-order valence-corrected chi connectivity index (χ2v) is 6.95. The molecule has 5 heteroatoms. The molecule has 0 atom stereocenters. The lowest BCUT2D eigenvalue weighted by Gasteiger charge is -2.16. The number of nitrogens with zero attached hydrogens (tertiary/aromatic N) is 1. The van der Waals surface area contributed by atoms with Crippen LogP contribution in [0, 0.1) is 6.92 Å². The summed E-state index contributed by atoms with van der Waals surface area (Å²) in [4.78, 5) is 14.8. The first-order chi connectivity index (χ1) is 9.51. The summed E-state index contributed by atoms with van der Waals surface area (Å²) in [5, 5.41) is 0. The Morgan fingerprint density at radius 2 is 2.15 bits per heavy atom. The number of hydrogen-bond donors (Lipinski definition) is 0. The maximum atomic E-state index is 12.4. The van der Waals surface area contributed by atoms with Gasteiger partial charge >= 0.3 is 0 Å². The van der Waals surface area contributed by atoms with E-state index in [4.69, 9.17) is 4.74 Å². The Morgan fingerprint density at radius 1 is 1.40 bits per heavy atom. The van der Waals surface area contributed by atoms with Gasteiger partial charge in [0.1, 0.15) is 5.75 Å². The molecule has 0 radical (unpaired) electrons. The number of rotatable bonds is 4. The van der Waals surface area contributed by atoms with Gasteiger partial charge < -0.3 is 9.64 Å². The third kappa shape index (κ3) is 3.41. The number of thiophene rings is 1. The van der Waals surface area contributed by atoms with E-state index in [9.17, 15) is 4.79 Å². The third-order valence-corrected chi connectivity index (χ3v) is 5.09. The van der Waals surface area contributed by atoms with Crippen LogP contribution < -0.4 is 4.74 Å². The summed E-state index contributed by atoms with van der Waals surface area (Å²) in [6.07, 6.45) is 0. The third-order valence-electron chi connectivity index (χ3n) is 2.97. The lowest BCUT2D eigenvalue weighted by atomic mass is 10.2.